The van der Waals surface area contributed by atoms with E-state index in [1.807, 2.05) is 17.5 Å². The van der Waals surface area contributed by atoms with Gasteiger partial charge in [-0.05, 0) is 17.9 Å². The van der Waals surface area contributed by atoms with E-state index in [1.54, 1.807) is 4.57 Å². The van der Waals surface area contributed by atoms with Gasteiger partial charge in [-0.2, -0.15) is 0 Å². The van der Waals surface area contributed by atoms with Crippen molar-refractivity contribution in [2.45, 2.75) is 19.4 Å². The molecular weight excluding hydrogens is 310 g/mol. The number of imidazole rings is 1. The van der Waals surface area contributed by atoms with Crippen molar-refractivity contribution in [2.75, 3.05) is 0 Å². The number of aryl methyl sites for hydroxylation is 1. The lowest BCUT2D eigenvalue weighted by atomic mass is 10.2. The summed E-state index contributed by atoms with van der Waals surface area (Å²) in [5, 5.41) is 10.6. The number of rotatable bonds is 5. The Labute approximate surface area is 128 Å². The molecule has 0 aliphatic carbocycles. The average Bonchev–Trinajstić information content (AvgIpc) is 3.08. The van der Waals surface area contributed by atoms with Gasteiger partial charge in [0.2, 0.25) is 0 Å². The maximum Gasteiger partial charge on any atom is 0.303 e. The maximum absolute atomic E-state index is 13.5. The van der Waals surface area contributed by atoms with Crippen LogP contribution in [-0.4, -0.2) is 20.6 Å². The van der Waals surface area contributed by atoms with E-state index in [2.05, 4.69) is 4.98 Å². The first-order valence-electron chi connectivity index (χ1n) is 6.67. The number of aliphatic carboxylic acids is 1. The molecule has 0 saturated carbocycles. The Balaban J connectivity index is 2.09. The van der Waals surface area contributed by atoms with Gasteiger partial charge in [-0.15, -0.1) is 11.3 Å². The third-order valence-electron chi connectivity index (χ3n) is 3.30. The minimum atomic E-state index is -0.944. The molecule has 1 aromatic carbocycles. The summed E-state index contributed by atoms with van der Waals surface area (Å²) in [6, 6.07) is 5.90. The lowest BCUT2D eigenvalue weighted by Gasteiger charge is -2.07. The normalized spacial score (nSPS) is 11.2. The third-order valence-corrected chi connectivity index (χ3v) is 4.17. The Morgan fingerprint density at radius 1 is 1.32 bits per heavy atom. The molecule has 22 heavy (non-hydrogen) atoms. The fraction of sp³-hybridized carbons (Fsp3) is 0.200. The Hall–Kier alpha value is -2.28. The van der Waals surface area contributed by atoms with Crippen LogP contribution in [0.5, 0.6) is 0 Å². The number of aromatic nitrogens is 2. The van der Waals surface area contributed by atoms with Gasteiger partial charge >= 0.3 is 5.97 Å². The molecule has 0 saturated heterocycles. The lowest BCUT2D eigenvalue weighted by Crippen LogP contribution is -2.03. The van der Waals surface area contributed by atoms with Gasteiger partial charge in [-0.3, -0.25) is 4.79 Å². The van der Waals surface area contributed by atoms with E-state index in [4.69, 9.17) is 5.11 Å². The molecule has 0 bridgehead atoms. The first-order chi connectivity index (χ1) is 10.6. The summed E-state index contributed by atoms with van der Waals surface area (Å²) in [5.74, 6) is -2.18. The molecule has 2 heterocycles. The third kappa shape index (κ3) is 2.71. The van der Waals surface area contributed by atoms with E-state index in [0.717, 1.165) is 17.0 Å². The second-order valence-electron chi connectivity index (χ2n) is 4.82. The van der Waals surface area contributed by atoms with Crippen LogP contribution in [0.25, 0.3) is 21.7 Å². The zero-order chi connectivity index (χ0) is 15.7. The number of carboxylic acids is 1. The van der Waals surface area contributed by atoms with Gasteiger partial charge in [-0.25, -0.2) is 13.8 Å². The average molecular weight is 322 g/mol. The molecule has 0 aliphatic heterocycles. The van der Waals surface area contributed by atoms with Crippen LogP contribution in [0.1, 0.15) is 12.8 Å². The Bertz CT molecular complexity index is 828. The molecule has 3 rings (SSSR count). The molecule has 0 spiro atoms. The Kier molecular flexibility index (Phi) is 3.89. The van der Waals surface area contributed by atoms with Gasteiger partial charge in [0.25, 0.3) is 0 Å². The van der Waals surface area contributed by atoms with Gasteiger partial charge in [0, 0.05) is 25.1 Å². The molecule has 0 aliphatic rings. The molecule has 114 valence electrons. The topological polar surface area (TPSA) is 55.1 Å². The van der Waals surface area contributed by atoms with Crippen molar-refractivity contribution in [3.63, 3.8) is 0 Å². The van der Waals surface area contributed by atoms with Gasteiger partial charge in [0.05, 0.1) is 15.9 Å². The number of thiophene rings is 1. The number of nitrogens with zero attached hydrogens (tertiary/aromatic N) is 2. The van der Waals surface area contributed by atoms with Gasteiger partial charge in [0.1, 0.15) is 0 Å². The van der Waals surface area contributed by atoms with Crippen LogP contribution in [0, 0.1) is 11.6 Å². The zero-order valence-corrected chi connectivity index (χ0v) is 12.2. The maximum atomic E-state index is 13.5. The van der Waals surface area contributed by atoms with Gasteiger partial charge in [0.15, 0.2) is 17.5 Å². The van der Waals surface area contributed by atoms with E-state index < -0.39 is 17.6 Å². The Morgan fingerprint density at radius 3 is 2.77 bits per heavy atom. The van der Waals surface area contributed by atoms with Crippen LogP contribution < -0.4 is 0 Å². The molecule has 0 fully saturated rings. The molecule has 4 nitrogen and oxygen atoms in total. The predicted molar refractivity (Wildman–Crippen MR) is 79.8 cm³/mol. The van der Waals surface area contributed by atoms with Crippen molar-refractivity contribution in [1.82, 2.24) is 9.55 Å². The minimum absolute atomic E-state index is 0.00717. The number of carbonyl (C=O) groups is 1. The van der Waals surface area contributed by atoms with Crippen LogP contribution in [0.4, 0.5) is 8.78 Å². The first kappa shape index (κ1) is 14.6. The Morgan fingerprint density at radius 2 is 2.09 bits per heavy atom. The largest absolute Gasteiger partial charge is 0.481 e. The van der Waals surface area contributed by atoms with Crippen molar-refractivity contribution in [3.05, 3.63) is 41.3 Å². The highest BCUT2D eigenvalue weighted by atomic mass is 32.1. The minimum Gasteiger partial charge on any atom is -0.481 e. The highest BCUT2D eigenvalue weighted by Gasteiger charge is 2.16. The number of hydrogen-bond donors (Lipinski definition) is 1. The number of benzene rings is 1. The highest BCUT2D eigenvalue weighted by molar-refractivity contribution is 7.13. The fourth-order valence-electron chi connectivity index (χ4n) is 2.33. The fourth-order valence-corrected chi connectivity index (χ4v) is 3.05. The number of halogens is 2. The molecular formula is C15H12F2N2O2S. The monoisotopic (exact) mass is 322 g/mol. The van der Waals surface area contributed by atoms with E-state index in [0.29, 0.717) is 29.8 Å². The van der Waals surface area contributed by atoms with Gasteiger partial charge < -0.3 is 9.67 Å². The quantitative estimate of drug-likeness (QED) is 0.775. The van der Waals surface area contributed by atoms with Crippen molar-refractivity contribution >= 4 is 28.3 Å². The molecule has 3 aromatic rings. The summed E-state index contributed by atoms with van der Waals surface area (Å²) in [4.78, 5) is 15.9. The van der Waals surface area contributed by atoms with Crippen LogP contribution in [0.15, 0.2) is 29.6 Å². The molecule has 2 aromatic heterocycles. The zero-order valence-electron chi connectivity index (χ0n) is 11.4. The van der Waals surface area contributed by atoms with Crippen molar-refractivity contribution in [1.29, 1.82) is 0 Å². The smallest absolute Gasteiger partial charge is 0.303 e. The summed E-state index contributed by atoms with van der Waals surface area (Å²) >= 11 is 1.47. The molecule has 0 atom stereocenters. The number of hydrogen-bond acceptors (Lipinski definition) is 3. The molecule has 0 unspecified atom stereocenters. The SMILES string of the molecule is O=C(O)CCCn1c(-c2cccs2)nc2cc(F)c(F)cc21. The van der Waals surface area contributed by atoms with Crippen molar-refractivity contribution < 1.29 is 18.7 Å². The van der Waals surface area contributed by atoms with Crippen molar-refractivity contribution in [2.24, 2.45) is 0 Å². The van der Waals surface area contributed by atoms with Crippen molar-refractivity contribution in [3.8, 4) is 10.7 Å². The second kappa shape index (κ2) is 5.84. The van der Waals surface area contributed by atoms with E-state index >= 15 is 0 Å². The molecule has 0 amide bonds. The highest BCUT2D eigenvalue weighted by Crippen LogP contribution is 2.29. The summed E-state index contributed by atoms with van der Waals surface area (Å²) in [5.41, 5.74) is 0.824. The van der Waals surface area contributed by atoms with E-state index in [1.165, 1.54) is 11.3 Å². The molecule has 0 radical (unpaired) electrons. The standard InChI is InChI=1S/C15H12F2N2O2S/c16-9-7-11-12(8-10(9)17)19(5-1-4-14(20)21)15(18-11)13-3-2-6-22-13/h2-3,6-8H,1,4-5H2,(H,20,21). The predicted octanol–water partition coefficient (Wildman–Crippen LogP) is 3.91. The van der Waals surface area contributed by atoms with Crippen LogP contribution >= 0.6 is 11.3 Å². The lowest BCUT2D eigenvalue weighted by molar-refractivity contribution is -0.137. The second-order valence-corrected chi connectivity index (χ2v) is 5.76. The van der Waals surface area contributed by atoms with Crippen LogP contribution in [-0.2, 0) is 11.3 Å². The summed E-state index contributed by atoms with van der Waals surface area (Å²) in [6.07, 6.45) is 0.394. The van der Waals surface area contributed by atoms with Crippen LogP contribution in [0.2, 0.25) is 0 Å². The van der Waals surface area contributed by atoms with E-state index in [9.17, 15) is 13.6 Å². The summed E-state index contributed by atoms with van der Waals surface area (Å²) < 4.78 is 28.7. The first-order valence-corrected chi connectivity index (χ1v) is 7.55. The summed E-state index contributed by atoms with van der Waals surface area (Å²) in [7, 11) is 0. The van der Waals surface area contributed by atoms with E-state index in [-0.39, 0.29) is 6.42 Å². The number of carboxylic acid groups (broad SMARTS) is 1. The number of fused-ring (bicyclic) bond motifs is 1. The molecule has 1 N–H and O–H groups in total. The summed E-state index contributed by atoms with van der Waals surface area (Å²) in [6.45, 7) is 0.376. The molecule has 7 heteroatoms. The van der Waals surface area contributed by atoms with Crippen LogP contribution in [0.3, 0.4) is 0 Å². The van der Waals surface area contributed by atoms with Gasteiger partial charge in [-0.1, -0.05) is 6.07 Å².